The summed E-state index contributed by atoms with van der Waals surface area (Å²) in [4.78, 5) is 0. The molecular formula is C16H27NO. The predicted molar refractivity (Wildman–Crippen MR) is 78.4 cm³/mol. The van der Waals surface area contributed by atoms with Crippen molar-refractivity contribution in [3.63, 3.8) is 0 Å². The fraction of sp³-hybridized carbons (Fsp3) is 0.625. The number of hydrogen-bond donors (Lipinski definition) is 1. The van der Waals surface area contributed by atoms with E-state index in [2.05, 4.69) is 39.8 Å². The van der Waals surface area contributed by atoms with Crippen molar-refractivity contribution in [3.05, 3.63) is 28.8 Å². The van der Waals surface area contributed by atoms with Crippen LogP contribution in [-0.4, -0.2) is 12.6 Å². The van der Waals surface area contributed by atoms with Crippen molar-refractivity contribution in [2.75, 3.05) is 6.61 Å². The van der Waals surface area contributed by atoms with Crippen molar-refractivity contribution in [1.29, 1.82) is 0 Å². The van der Waals surface area contributed by atoms with E-state index in [1.807, 2.05) is 6.92 Å². The van der Waals surface area contributed by atoms with E-state index in [-0.39, 0.29) is 6.04 Å². The summed E-state index contributed by atoms with van der Waals surface area (Å²) in [6.45, 7) is 11.4. The van der Waals surface area contributed by atoms with E-state index in [1.54, 1.807) is 0 Å². The molecule has 18 heavy (non-hydrogen) atoms. The first-order valence-electron chi connectivity index (χ1n) is 6.95. The van der Waals surface area contributed by atoms with Crippen LogP contribution in [0.2, 0.25) is 0 Å². The molecule has 0 aliphatic carbocycles. The molecule has 2 heteroatoms. The van der Waals surface area contributed by atoms with Crippen molar-refractivity contribution < 1.29 is 4.74 Å². The molecule has 2 nitrogen and oxygen atoms in total. The standard InChI is InChI=1S/C16H27NO/c1-6-18-16-13(4)9-11(2)10-15(16)12(3)7-8-14(5)17/h9-10,12,14H,6-8,17H2,1-5H3. The van der Waals surface area contributed by atoms with Gasteiger partial charge in [-0.05, 0) is 57.6 Å². The van der Waals surface area contributed by atoms with Crippen molar-refractivity contribution in [3.8, 4) is 5.75 Å². The van der Waals surface area contributed by atoms with Gasteiger partial charge < -0.3 is 10.5 Å². The van der Waals surface area contributed by atoms with Crippen LogP contribution < -0.4 is 10.5 Å². The molecule has 2 atom stereocenters. The van der Waals surface area contributed by atoms with Gasteiger partial charge in [-0.2, -0.15) is 0 Å². The van der Waals surface area contributed by atoms with Crippen LogP contribution in [-0.2, 0) is 0 Å². The van der Waals surface area contributed by atoms with E-state index < -0.39 is 0 Å². The lowest BCUT2D eigenvalue weighted by atomic mass is 9.91. The third-order valence-electron chi connectivity index (χ3n) is 3.32. The summed E-state index contributed by atoms with van der Waals surface area (Å²) in [5, 5.41) is 0. The van der Waals surface area contributed by atoms with Crippen LogP contribution in [0.5, 0.6) is 5.75 Å². The zero-order chi connectivity index (χ0) is 13.7. The van der Waals surface area contributed by atoms with Gasteiger partial charge in [0.2, 0.25) is 0 Å². The Hall–Kier alpha value is -1.02. The van der Waals surface area contributed by atoms with Gasteiger partial charge in [0.05, 0.1) is 6.61 Å². The molecule has 0 saturated heterocycles. The fourth-order valence-electron chi connectivity index (χ4n) is 2.36. The van der Waals surface area contributed by atoms with Crippen molar-refractivity contribution >= 4 is 0 Å². The second-order valence-electron chi connectivity index (χ2n) is 5.39. The molecule has 0 bridgehead atoms. The summed E-state index contributed by atoms with van der Waals surface area (Å²) < 4.78 is 5.82. The first kappa shape index (κ1) is 15.0. The van der Waals surface area contributed by atoms with E-state index in [4.69, 9.17) is 10.5 Å². The van der Waals surface area contributed by atoms with E-state index in [0.29, 0.717) is 5.92 Å². The minimum absolute atomic E-state index is 0.272. The number of rotatable bonds is 6. The van der Waals surface area contributed by atoms with E-state index >= 15 is 0 Å². The average Bonchev–Trinajstić information content (AvgIpc) is 2.29. The normalized spacial score (nSPS) is 14.3. The Labute approximate surface area is 112 Å². The van der Waals surface area contributed by atoms with Crippen LogP contribution >= 0.6 is 0 Å². The Balaban J connectivity index is 2.97. The second kappa shape index (κ2) is 6.79. The van der Waals surface area contributed by atoms with Crippen LogP contribution in [0.25, 0.3) is 0 Å². The average molecular weight is 249 g/mol. The fourth-order valence-corrected chi connectivity index (χ4v) is 2.36. The molecule has 1 aromatic carbocycles. The monoisotopic (exact) mass is 249 g/mol. The predicted octanol–water partition coefficient (Wildman–Crippen LogP) is 3.93. The third kappa shape index (κ3) is 4.02. The number of nitrogens with two attached hydrogens (primary N) is 1. The summed E-state index contributed by atoms with van der Waals surface area (Å²) >= 11 is 0. The second-order valence-corrected chi connectivity index (χ2v) is 5.39. The van der Waals surface area contributed by atoms with Gasteiger partial charge in [0.25, 0.3) is 0 Å². The Morgan fingerprint density at radius 3 is 2.39 bits per heavy atom. The van der Waals surface area contributed by atoms with E-state index in [0.717, 1.165) is 25.2 Å². The highest BCUT2D eigenvalue weighted by atomic mass is 16.5. The lowest BCUT2D eigenvalue weighted by Gasteiger charge is -2.20. The number of hydrogen-bond acceptors (Lipinski definition) is 2. The molecule has 0 amide bonds. The maximum Gasteiger partial charge on any atom is 0.125 e. The van der Waals surface area contributed by atoms with Gasteiger partial charge in [-0.3, -0.25) is 0 Å². The zero-order valence-electron chi connectivity index (χ0n) is 12.4. The van der Waals surface area contributed by atoms with Gasteiger partial charge in [-0.1, -0.05) is 24.6 Å². The van der Waals surface area contributed by atoms with Gasteiger partial charge in [0, 0.05) is 6.04 Å². The molecule has 102 valence electrons. The summed E-state index contributed by atoms with van der Waals surface area (Å²) in [5.41, 5.74) is 9.71. The Bertz CT molecular complexity index is 385. The zero-order valence-corrected chi connectivity index (χ0v) is 12.4. The van der Waals surface area contributed by atoms with Crippen LogP contribution in [0.4, 0.5) is 0 Å². The first-order chi connectivity index (χ1) is 8.45. The molecule has 0 heterocycles. The lowest BCUT2D eigenvalue weighted by molar-refractivity contribution is 0.331. The smallest absolute Gasteiger partial charge is 0.125 e. The largest absolute Gasteiger partial charge is 0.493 e. The molecule has 2 unspecified atom stereocenters. The highest BCUT2D eigenvalue weighted by Gasteiger charge is 2.15. The molecule has 0 aliphatic rings. The molecule has 1 rings (SSSR count). The summed E-state index contributed by atoms with van der Waals surface area (Å²) in [6, 6.07) is 4.71. The van der Waals surface area contributed by atoms with Crippen LogP contribution in [0.1, 0.15) is 56.2 Å². The summed E-state index contributed by atoms with van der Waals surface area (Å²) in [7, 11) is 0. The van der Waals surface area contributed by atoms with Gasteiger partial charge >= 0.3 is 0 Å². The van der Waals surface area contributed by atoms with E-state index in [1.165, 1.54) is 16.7 Å². The maximum absolute atomic E-state index is 5.84. The molecule has 0 aromatic heterocycles. The van der Waals surface area contributed by atoms with Gasteiger partial charge in [-0.25, -0.2) is 0 Å². The molecule has 1 aromatic rings. The summed E-state index contributed by atoms with van der Waals surface area (Å²) in [5.74, 6) is 1.57. The van der Waals surface area contributed by atoms with Gasteiger partial charge in [0.15, 0.2) is 0 Å². The topological polar surface area (TPSA) is 35.2 Å². The van der Waals surface area contributed by atoms with Crippen LogP contribution in [0.15, 0.2) is 12.1 Å². The number of ether oxygens (including phenoxy) is 1. The molecule has 0 aliphatic heterocycles. The molecular weight excluding hydrogens is 222 g/mol. The molecule has 0 fully saturated rings. The maximum atomic E-state index is 5.84. The van der Waals surface area contributed by atoms with Crippen molar-refractivity contribution in [1.82, 2.24) is 0 Å². The first-order valence-corrected chi connectivity index (χ1v) is 6.95. The van der Waals surface area contributed by atoms with Crippen LogP contribution in [0, 0.1) is 13.8 Å². The van der Waals surface area contributed by atoms with Crippen LogP contribution in [0.3, 0.4) is 0 Å². The van der Waals surface area contributed by atoms with E-state index in [9.17, 15) is 0 Å². The van der Waals surface area contributed by atoms with Gasteiger partial charge in [0.1, 0.15) is 5.75 Å². The number of benzene rings is 1. The van der Waals surface area contributed by atoms with Gasteiger partial charge in [-0.15, -0.1) is 0 Å². The van der Waals surface area contributed by atoms with Crippen molar-refractivity contribution in [2.24, 2.45) is 5.73 Å². The highest BCUT2D eigenvalue weighted by molar-refractivity contribution is 5.45. The van der Waals surface area contributed by atoms with Crippen molar-refractivity contribution in [2.45, 2.75) is 59.4 Å². The minimum Gasteiger partial charge on any atom is -0.493 e. The highest BCUT2D eigenvalue weighted by Crippen LogP contribution is 2.33. The molecule has 0 spiro atoms. The Morgan fingerprint density at radius 1 is 1.17 bits per heavy atom. The quantitative estimate of drug-likeness (QED) is 0.829. The molecule has 2 N–H and O–H groups in total. The molecule has 0 saturated carbocycles. The molecule has 0 radical (unpaired) electrons. The SMILES string of the molecule is CCOc1c(C)cc(C)cc1C(C)CCC(C)N. The summed E-state index contributed by atoms with van der Waals surface area (Å²) in [6.07, 6.45) is 2.17. The number of aryl methyl sites for hydroxylation is 2. The third-order valence-corrected chi connectivity index (χ3v) is 3.32. The minimum atomic E-state index is 0.272. The lowest BCUT2D eigenvalue weighted by Crippen LogP contribution is -2.15. The Morgan fingerprint density at radius 2 is 1.83 bits per heavy atom. The Kier molecular flexibility index (Phi) is 5.67.